The largest absolute Gasteiger partial charge is 0.477 e. The molecule has 0 unspecified atom stereocenters. The van der Waals surface area contributed by atoms with Crippen LogP contribution in [0.1, 0.15) is 32.4 Å². The van der Waals surface area contributed by atoms with Crippen LogP contribution < -0.4 is 11.1 Å². The summed E-state index contributed by atoms with van der Waals surface area (Å²) in [7, 11) is 0. The van der Waals surface area contributed by atoms with Crippen LogP contribution in [0.25, 0.3) is 0 Å². The Morgan fingerprint density at radius 1 is 0.963 bits per heavy atom. The maximum absolute atomic E-state index is 11.0. The van der Waals surface area contributed by atoms with Gasteiger partial charge in [0, 0.05) is 39.3 Å². The number of nitrogens with zero attached hydrogens (tertiary/aromatic N) is 3. The van der Waals surface area contributed by atoms with Crippen LogP contribution in [0.3, 0.4) is 0 Å². The topological polar surface area (TPSA) is 142 Å². The monoisotopic (exact) mass is 373 g/mol. The number of nitrogens with one attached hydrogen (secondary N) is 1. The molecule has 2 aromatic heterocycles. The first-order chi connectivity index (χ1) is 13.0. The lowest BCUT2D eigenvalue weighted by atomic mass is 10.2. The summed E-state index contributed by atoms with van der Waals surface area (Å²) in [6, 6.07) is 9.79. The maximum atomic E-state index is 11.0. The Hall–Kier alpha value is -2.88. The number of hydrogen-bond donors (Lipinski definition) is 4. The molecule has 0 aliphatic carbocycles. The first kappa shape index (κ1) is 20.4. The average Bonchev–Trinajstić information content (AvgIpc) is 2.65. The molecular formula is C18H23N5O4. The van der Waals surface area contributed by atoms with Gasteiger partial charge < -0.3 is 21.3 Å². The number of aromatic carboxylic acids is 2. The van der Waals surface area contributed by atoms with E-state index in [1.54, 1.807) is 24.3 Å². The quantitative estimate of drug-likeness (QED) is 0.412. The van der Waals surface area contributed by atoms with Gasteiger partial charge in [0.15, 0.2) is 0 Å². The Labute approximate surface area is 156 Å². The van der Waals surface area contributed by atoms with Crippen LogP contribution >= 0.6 is 0 Å². The van der Waals surface area contributed by atoms with Crippen LogP contribution in [0, 0.1) is 0 Å². The minimum atomic E-state index is -1.06. The van der Waals surface area contributed by atoms with Crippen molar-refractivity contribution in [2.45, 2.75) is 13.1 Å². The molecule has 27 heavy (non-hydrogen) atoms. The summed E-state index contributed by atoms with van der Waals surface area (Å²) in [5, 5.41) is 21.2. The third kappa shape index (κ3) is 6.74. The Bertz CT molecular complexity index is 784. The van der Waals surface area contributed by atoms with Crippen LogP contribution in [0.2, 0.25) is 0 Å². The molecule has 0 saturated heterocycles. The van der Waals surface area contributed by atoms with Crippen molar-refractivity contribution in [2.24, 2.45) is 5.73 Å². The number of carboxylic acids is 2. The molecule has 144 valence electrons. The van der Waals surface area contributed by atoms with E-state index in [0.29, 0.717) is 50.7 Å². The molecule has 9 heteroatoms. The molecular weight excluding hydrogens is 350 g/mol. The lowest BCUT2D eigenvalue weighted by Crippen LogP contribution is -2.35. The van der Waals surface area contributed by atoms with Crippen molar-refractivity contribution >= 4 is 11.9 Å². The molecule has 5 N–H and O–H groups in total. The van der Waals surface area contributed by atoms with Crippen LogP contribution in [0.4, 0.5) is 0 Å². The molecule has 0 radical (unpaired) electrons. The minimum Gasteiger partial charge on any atom is -0.477 e. The van der Waals surface area contributed by atoms with Gasteiger partial charge in [0.1, 0.15) is 11.4 Å². The second kappa shape index (κ2) is 10.3. The van der Waals surface area contributed by atoms with E-state index in [-0.39, 0.29) is 11.4 Å². The van der Waals surface area contributed by atoms with Gasteiger partial charge in [0.05, 0.1) is 11.4 Å². The van der Waals surface area contributed by atoms with Gasteiger partial charge in [-0.25, -0.2) is 19.6 Å². The predicted molar refractivity (Wildman–Crippen MR) is 98.4 cm³/mol. The number of carboxylic acid groups (broad SMARTS) is 2. The van der Waals surface area contributed by atoms with Gasteiger partial charge in [-0.05, 0) is 24.3 Å². The highest BCUT2D eigenvalue weighted by atomic mass is 16.4. The van der Waals surface area contributed by atoms with Gasteiger partial charge in [0.2, 0.25) is 0 Å². The van der Waals surface area contributed by atoms with E-state index in [0.717, 1.165) is 0 Å². The Balaban J connectivity index is 1.85. The molecule has 0 amide bonds. The number of rotatable bonds is 11. The van der Waals surface area contributed by atoms with Crippen molar-refractivity contribution in [2.75, 3.05) is 26.2 Å². The van der Waals surface area contributed by atoms with E-state index in [4.69, 9.17) is 15.9 Å². The second-order valence-corrected chi connectivity index (χ2v) is 5.88. The van der Waals surface area contributed by atoms with Crippen molar-refractivity contribution in [1.29, 1.82) is 0 Å². The smallest absolute Gasteiger partial charge is 0.354 e. The van der Waals surface area contributed by atoms with Gasteiger partial charge in [-0.3, -0.25) is 4.90 Å². The Morgan fingerprint density at radius 3 is 2.15 bits per heavy atom. The van der Waals surface area contributed by atoms with Crippen molar-refractivity contribution in [3.63, 3.8) is 0 Å². The molecule has 0 aromatic carbocycles. The fourth-order valence-electron chi connectivity index (χ4n) is 2.52. The highest BCUT2D eigenvalue weighted by Gasteiger charge is 2.10. The number of carbonyl (C=O) groups is 2. The van der Waals surface area contributed by atoms with E-state index in [1.807, 2.05) is 0 Å². The summed E-state index contributed by atoms with van der Waals surface area (Å²) in [5.74, 6) is -2.11. The summed E-state index contributed by atoms with van der Waals surface area (Å²) < 4.78 is 0. The van der Waals surface area contributed by atoms with Crippen LogP contribution in [-0.2, 0) is 13.1 Å². The summed E-state index contributed by atoms with van der Waals surface area (Å²) >= 11 is 0. The minimum absolute atomic E-state index is 0.0164. The molecule has 2 aromatic rings. The molecule has 9 nitrogen and oxygen atoms in total. The SMILES string of the molecule is NCCN(CCNCc1cccc(C(=O)O)n1)Cc1cccc(C(=O)O)n1. The first-order valence-corrected chi connectivity index (χ1v) is 8.51. The van der Waals surface area contributed by atoms with E-state index in [2.05, 4.69) is 20.2 Å². The normalized spacial score (nSPS) is 10.9. The van der Waals surface area contributed by atoms with Crippen molar-refractivity contribution < 1.29 is 19.8 Å². The van der Waals surface area contributed by atoms with E-state index >= 15 is 0 Å². The standard InChI is InChI=1S/C18H23N5O4/c19-7-9-23(12-14-4-2-6-16(22-14)18(26)27)10-8-20-11-13-3-1-5-15(21-13)17(24)25/h1-6,20H,7-12,19H2,(H,24,25)(H,26,27). The lowest BCUT2D eigenvalue weighted by molar-refractivity contribution is 0.0679. The molecule has 0 atom stereocenters. The van der Waals surface area contributed by atoms with Crippen molar-refractivity contribution in [3.8, 4) is 0 Å². The molecule has 0 aliphatic heterocycles. The zero-order valence-electron chi connectivity index (χ0n) is 14.8. The molecule has 0 aliphatic rings. The number of nitrogens with two attached hydrogens (primary N) is 1. The zero-order valence-corrected chi connectivity index (χ0v) is 14.8. The number of pyridine rings is 2. The molecule has 0 spiro atoms. The fraction of sp³-hybridized carbons (Fsp3) is 0.333. The third-order valence-corrected chi connectivity index (χ3v) is 3.79. The number of aromatic nitrogens is 2. The summed E-state index contributed by atoms with van der Waals surface area (Å²) in [6.45, 7) is 3.37. The van der Waals surface area contributed by atoms with Gasteiger partial charge in [-0.1, -0.05) is 12.1 Å². The van der Waals surface area contributed by atoms with Crippen molar-refractivity contribution in [3.05, 3.63) is 59.2 Å². The van der Waals surface area contributed by atoms with E-state index < -0.39 is 11.9 Å². The van der Waals surface area contributed by atoms with Gasteiger partial charge >= 0.3 is 11.9 Å². The van der Waals surface area contributed by atoms with Crippen LogP contribution in [0.5, 0.6) is 0 Å². The van der Waals surface area contributed by atoms with E-state index in [1.165, 1.54) is 12.1 Å². The average molecular weight is 373 g/mol. The molecule has 0 fully saturated rings. The highest BCUT2D eigenvalue weighted by Crippen LogP contribution is 2.04. The first-order valence-electron chi connectivity index (χ1n) is 8.51. The predicted octanol–water partition coefficient (Wildman–Crippen LogP) is 0.424. The Kier molecular flexibility index (Phi) is 7.80. The molecule has 2 rings (SSSR count). The van der Waals surface area contributed by atoms with Crippen LogP contribution in [0.15, 0.2) is 36.4 Å². The highest BCUT2D eigenvalue weighted by molar-refractivity contribution is 5.85. The van der Waals surface area contributed by atoms with E-state index in [9.17, 15) is 9.59 Å². The lowest BCUT2D eigenvalue weighted by Gasteiger charge is -2.21. The fourth-order valence-corrected chi connectivity index (χ4v) is 2.52. The van der Waals surface area contributed by atoms with Gasteiger partial charge in [-0.15, -0.1) is 0 Å². The summed E-state index contributed by atoms with van der Waals surface area (Å²) in [5.41, 5.74) is 7.01. The van der Waals surface area contributed by atoms with Crippen molar-refractivity contribution in [1.82, 2.24) is 20.2 Å². The molecule has 2 heterocycles. The maximum Gasteiger partial charge on any atom is 0.354 e. The molecule has 0 saturated carbocycles. The van der Waals surface area contributed by atoms with Gasteiger partial charge in [-0.2, -0.15) is 0 Å². The second-order valence-electron chi connectivity index (χ2n) is 5.88. The Morgan fingerprint density at radius 2 is 1.56 bits per heavy atom. The summed E-state index contributed by atoms with van der Waals surface area (Å²) in [6.07, 6.45) is 0. The summed E-state index contributed by atoms with van der Waals surface area (Å²) in [4.78, 5) is 32.2. The van der Waals surface area contributed by atoms with Gasteiger partial charge in [0.25, 0.3) is 0 Å². The zero-order chi connectivity index (χ0) is 19.6. The molecule has 0 bridgehead atoms. The van der Waals surface area contributed by atoms with Crippen LogP contribution in [-0.4, -0.2) is 63.2 Å². The number of hydrogen-bond acceptors (Lipinski definition) is 7. The third-order valence-electron chi connectivity index (χ3n) is 3.79.